The second-order valence-electron chi connectivity index (χ2n) is 3.91. The molecule has 0 saturated heterocycles. The molecule has 0 aliphatic heterocycles. The van der Waals surface area contributed by atoms with Gasteiger partial charge in [-0.2, -0.15) is 5.26 Å². The predicted octanol–water partition coefficient (Wildman–Crippen LogP) is 2.67. The predicted molar refractivity (Wildman–Crippen MR) is 62.5 cm³/mol. The number of nitriles is 1. The van der Waals surface area contributed by atoms with Crippen LogP contribution >= 0.6 is 0 Å². The van der Waals surface area contributed by atoms with E-state index in [-0.39, 0.29) is 0 Å². The highest BCUT2D eigenvalue weighted by Crippen LogP contribution is 2.17. The van der Waals surface area contributed by atoms with E-state index in [1.54, 1.807) is 0 Å². The summed E-state index contributed by atoms with van der Waals surface area (Å²) in [6.07, 6.45) is 2.00. The Morgan fingerprint density at radius 2 is 2.00 bits per heavy atom. The fourth-order valence-electron chi connectivity index (χ4n) is 1.86. The number of nitrogens with zero attached hydrogens (tertiary/aromatic N) is 3. The van der Waals surface area contributed by atoms with Crippen molar-refractivity contribution in [3.05, 3.63) is 47.0 Å². The molecule has 0 bridgehead atoms. The average molecular weight is 211 g/mol. The van der Waals surface area contributed by atoms with Crippen molar-refractivity contribution in [3.63, 3.8) is 0 Å². The molecular formula is C13H13N3. The first kappa shape index (κ1) is 10.4. The molecular weight excluding hydrogens is 198 g/mol. The van der Waals surface area contributed by atoms with Gasteiger partial charge in [-0.1, -0.05) is 0 Å². The Morgan fingerprint density at radius 3 is 2.50 bits per heavy atom. The average Bonchev–Trinajstić information content (AvgIpc) is 2.57. The smallest absolute Gasteiger partial charge is 0.110 e. The van der Waals surface area contributed by atoms with Crippen LogP contribution in [0.1, 0.15) is 22.6 Å². The maximum atomic E-state index is 8.81. The number of hydrogen-bond acceptors (Lipinski definition) is 2. The van der Waals surface area contributed by atoms with Gasteiger partial charge in [0.2, 0.25) is 0 Å². The van der Waals surface area contributed by atoms with Crippen LogP contribution in [0.5, 0.6) is 0 Å². The number of benzene rings is 1. The summed E-state index contributed by atoms with van der Waals surface area (Å²) >= 11 is 0. The zero-order chi connectivity index (χ0) is 11.7. The van der Waals surface area contributed by atoms with Gasteiger partial charge in [0.25, 0.3) is 0 Å². The van der Waals surface area contributed by atoms with E-state index in [1.165, 1.54) is 0 Å². The minimum Gasteiger partial charge on any atom is -0.303 e. The van der Waals surface area contributed by atoms with Gasteiger partial charge in [0, 0.05) is 11.9 Å². The molecule has 0 amide bonds. The Labute approximate surface area is 95.0 Å². The van der Waals surface area contributed by atoms with Crippen molar-refractivity contribution in [2.75, 3.05) is 0 Å². The Balaban J connectivity index is 2.57. The van der Waals surface area contributed by atoms with E-state index < -0.39 is 0 Å². The molecule has 0 spiro atoms. The molecule has 1 aromatic heterocycles. The molecule has 1 heterocycles. The summed E-state index contributed by atoms with van der Waals surface area (Å²) in [5.41, 5.74) is 3.86. The lowest BCUT2D eigenvalue weighted by Gasteiger charge is -2.08. The van der Waals surface area contributed by atoms with Crippen molar-refractivity contribution >= 4 is 0 Å². The second kappa shape index (κ2) is 3.82. The van der Waals surface area contributed by atoms with E-state index in [0.29, 0.717) is 5.56 Å². The summed E-state index contributed by atoms with van der Waals surface area (Å²) in [6, 6.07) is 7.83. The molecule has 2 aromatic rings. The lowest BCUT2D eigenvalue weighted by molar-refractivity contribution is 0.963. The quantitative estimate of drug-likeness (QED) is 0.727. The third-order valence-electron chi connectivity index (χ3n) is 2.59. The topological polar surface area (TPSA) is 41.6 Å². The monoisotopic (exact) mass is 211 g/mol. The summed E-state index contributed by atoms with van der Waals surface area (Å²) in [5.74, 6) is 0.963. The van der Waals surface area contributed by atoms with E-state index in [4.69, 9.17) is 5.26 Å². The highest BCUT2D eigenvalue weighted by atomic mass is 15.1. The Morgan fingerprint density at radius 1 is 1.25 bits per heavy atom. The summed E-state index contributed by atoms with van der Waals surface area (Å²) < 4.78 is 2.05. The maximum absolute atomic E-state index is 8.81. The van der Waals surface area contributed by atoms with Crippen LogP contribution in [0.2, 0.25) is 0 Å². The van der Waals surface area contributed by atoms with Crippen molar-refractivity contribution in [2.24, 2.45) is 0 Å². The first-order valence-electron chi connectivity index (χ1n) is 5.15. The third-order valence-corrected chi connectivity index (χ3v) is 2.59. The van der Waals surface area contributed by atoms with Gasteiger partial charge in [0.1, 0.15) is 5.82 Å². The third kappa shape index (κ3) is 1.70. The van der Waals surface area contributed by atoms with E-state index in [9.17, 15) is 0 Å². The van der Waals surface area contributed by atoms with Gasteiger partial charge in [-0.25, -0.2) is 4.98 Å². The molecule has 0 saturated carbocycles. The Hall–Kier alpha value is -2.08. The standard InChI is InChI=1S/C13H13N3/c1-9-6-12(7-14)4-5-13(9)16-8-10(2)15-11(16)3/h4-6,8H,1-3H3. The molecule has 0 aliphatic carbocycles. The largest absolute Gasteiger partial charge is 0.303 e. The Bertz CT molecular complexity index is 573. The second-order valence-corrected chi connectivity index (χ2v) is 3.91. The molecule has 0 aliphatic rings. The van der Waals surface area contributed by atoms with Crippen molar-refractivity contribution in [3.8, 4) is 11.8 Å². The van der Waals surface area contributed by atoms with Crippen LogP contribution in [-0.4, -0.2) is 9.55 Å². The summed E-state index contributed by atoms with van der Waals surface area (Å²) in [4.78, 5) is 4.37. The van der Waals surface area contributed by atoms with Crippen LogP contribution in [0.15, 0.2) is 24.4 Å². The fourth-order valence-corrected chi connectivity index (χ4v) is 1.86. The fraction of sp³-hybridized carbons (Fsp3) is 0.231. The van der Waals surface area contributed by atoms with Crippen molar-refractivity contribution in [2.45, 2.75) is 20.8 Å². The van der Waals surface area contributed by atoms with Gasteiger partial charge in [0.15, 0.2) is 0 Å². The van der Waals surface area contributed by atoms with E-state index in [1.807, 2.05) is 49.7 Å². The van der Waals surface area contributed by atoms with Crippen LogP contribution in [0.4, 0.5) is 0 Å². The number of aromatic nitrogens is 2. The van der Waals surface area contributed by atoms with Gasteiger partial charge in [-0.15, -0.1) is 0 Å². The zero-order valence-electron chi connectivity index (χ0n) is 9.65. The molecule has 0 N–H and O–H groups in total. The van der Waals surface area contributed by atoms with Crippen LogP contribution in [0.25, 0.3) is 5.69 Å². The number of hydrogen-bond donors (Lipinski definition) is 0. The lowest BCUT2D eigenvalue weighted by Crippen LogP contribution is -1.98. The molecule has 80 valence electrons. The van der Waals surface area contributed by atoms with Crippen LogP contribution in [0, 0.1) is 32.1 Å². The van der Waals surface area contributed by atoms with Gasteiger partial charge in [0.05, 0.1) is 17.3 Å². The molecule has 3 heteroatoms. The molecule has 0 fully saturated rings. The van der Waals surface area contributed by atoms with Gasteiger partial charge in [-0.3, -0.25) is 0 Å². The number of rotatable bonds is 1. The minimum atomic E-state index is 0.691. The zero-order valence-corrected chi connectivity index (χ0v) is 9.65. The first-order chi connectivity index (χ1) is 7.61. The molecule has 3 nitrogen and oxygen atoms in total. The molecule has 16 heavy (non-hydrogen) atoms. The highest BCUT2D eigenvalue weighted by molar-refractivity contribution is 5.47. The summed E-state index contributed by atoms with van der Waals surface area (Å²) in [6.45, 7) is 5.96. The lowest BCUT2D eigenvalue weighted by atomic mass is 10.1. The Kier molecular flexibility index (Phi) is 2.49. The van der Waals surface area contributed by atoms with E-state index in [2.05, 4.69) is 11.1 Å². The molecule has 2 rings (SSSR count). The minimum absolute atomic E-state index is 0.691. The first-order valence-corrected chi connectivity index (χ1v) is 5.15. The number of aryl methyl sites for hydroxylation is 3. The molecule has 1 aromatic carbocycles. The molecule has 0 atom stereocenters. The normalized spacial score (nSPS) is 10.1. The highest BCUT2D eigenvalue weighted by Gasteiger charge is 2.06. The van der Waals surface area contributed by atoms with Crippen LogP contribution in [0.3, 0.4) is 0 Å². The van der Waals surface area contributed by atoms with E-state index in [0.717, 1.165) is 22.8 Å². The van der Waals surface area contributed by atoms with Crippen molar-refractivity contribution in [1.29, 1.82) is 5.26 Å². The summed E-state index contributed by atoms with van der Waals surface area (Å²) in [7, 11) is 0. The SMILES string of the molecule is Cc1cn(-c2ccc(C#N)cc2C)c(C)n1. The van der Waals surface area contributed by atoms with E-state index >= 15 is 0 Å². The number of imidazole rings is 1. The van der Waals surface area contributed by atoms with Gasteiger partial charge >= 0.3 is 0 Å². The van der Waals surface area contributed by atoms with Crippen LogP contribution in [-0.2, 0) is 0 Å². The van der Waals surface area contributed by atoms with Gasteiger partial charge in [-0.05, 0) is 44.5 Å². The molecule has 0 unspecified atom stereocenters. The molecule has 0 radical (unpaired) electrons. The van der Waals surface area contributed by atoms with Crippen molar-refractivity contribution in [1.82, 2.24) is 9.55 Å². The van der Waals surface area contributed by atoms with Gasteiger partial charge < -0.3 is 4.57 Å². The van der Waals surface area contributed by atoms with Crippen LogP contribution < -0.4 is 0 Å². The van der Waals surface area contributed by atoms with Crippen molar-refractivity contribution < 1.29 is 0 Å². The summed E-state index contributed by atoms with van der Waals surface area (Å²) in [5, 5.41) is 8.81. The maximum Gasteiger partial charge on any atom is 0.110 e.